The molecule has 0 N–H and O–H groups in total. The molecule has 4 nitrogen and oxygen atoms in total. The third kappa shape index (κ3) is 2.40. The second kappa shape index (κ2) is 5.17. The molecule has 0 aliphatic rings. The first-order chi connectivity index (χ1) is 8.26. The maximum absolute atomic E-state index is 4.62. The molecule has 0 saturated carbocycles. The topological polar surface area (TPSA) is 35.1 Å². The van der Waals surface area contributed by atoms with Gasteiger partial charge < -0.3 is 0 Å². The minimum atomic E-state index is 0.783. The van der Waals surface area contributed by atoms with Crippen LogP contribution in [0.15, 0.2) is 18.9 Å². The summed E-state index contributed by atoms with van der Waals surface area (Å²) in [5.41, 5.74) is 1.14. The number of rotatable bonds is 6. The summed E-state index contributed by atoms with van der Waals surface area (Å²) in [5, 5.41) is 4.50. The van der Waals surface area contributed by atoms with E-state index in [9.17, 15) is 0 Å². The summed E-state index contributed by atoms with van der Waals surface area (Å²) < 4.78 is 3.91. The van der Waals surface area contributed by atoms with Crippen LogP contribution >= 0.6 is 0 Å². The quantitative estimate of drug-likeness (QED) is 0.566. The van der Waals surface area contributed by atoms with E-state index >= 15 is 0 Å². The maximum atomic E-state index is 4.62. The molecule has 4 heteroatoms. The van der Waals surface area contributed by atoms with Gasteiger partial charge in [0.05, 0.1) is 11.9 Å². The van der Waals surface area contributed by atoms with Gasteiger partial charge in [-0.25, -0.2) is 9.50 Å². The minimum absolute atomic E-state index is 0.783. The Bertz CT molecular complexity index is 507. The molecule has 2 rings (SSSR count). The predicted octanol–water partition coefficient (Wildman–Crippen LogP) is 2.53. The molecule has 2 aromatic heterocycles. The first kappa shape index (κ1) is 11.9. The molecule has 2 aromatic rings. The van der Waals surface area contributed by atoms with Crippen LogP contribution in [0.1, 0.15) is 37.7 Å². The highest BCUT2D eigenvalue weighted by Gasteiger charge is 2.09. The van der Waals surface area contributed by atoms with Gasteiger partial charge in [-0.15, -0.1) is 6.58 Å². The Hall–Kier alpha value is -1.58. The van der Waals surface area contributed by atoms with Crippen LogP contribution in [0.5, 0.6) is 0 Å². The third-order valence-corrected chi connectivity index (χ3v) is 2.99. The van der Waals surface area contributed by atoms with Gasteiger partial charge in [-0.1, -0.05) is 25.8 Å². The van der Waals surface area contributed by atoms with Crippen LogP contribution < -0.4 is 0 Å². The molecule has 0 amide bonds. The molecule has 0 saturated heterocycles. The Morgan fingerprint density at radius 2 is 2.24 bits per heavy atom. The zero-order chi connectivity index (χ0) is 12.3. The molecule has 0 radical (unpaired) electrons. The van der Waals surface area contributed by atoms with Crippen LogP contribution in [0.3, 0.4) is 0 Å². The summed E-state index contributed by atoms with van der Waals surface area (Å²) in [4.78, 5) is 4.62. The summed E-state index contributed by atoms with van der Waals surface area (Å²) in [5.74, 6) is 1.93. The average molecular weight is 232 g/mol. The number of imidazole rings is 1. The largest absolute Gasteiger partial charge is 0.300 e. The monoisotopic (exact) mass is 232 g/mol. The molecule has 0 fully saturated rings. The van der Waals surface area contributed by atoms with Crippen LogP contribution in [-0.2, 0) is 19.9 Å². The molecule has 0 aliphatic heterocycles. The van der Waals surface area contributed by atoms with Gasteiger partial charge in [0.15, 0.2) is 0 Å². The number of aryl methyl sites for hydroxylation is 2. The average Bonchev–Trinajstić information content (AvgIpc) is 2.82. The summed E-state index contributed by atoms with van der Waals surface area (Å²) in [6.07, 6.45) is 9.46. The maximum Gasteiger partial charge on any atom is 0.232 e. The van der Waals surface area contributed by atoms with Crippen molar-refractivity contribution in [2.24, 2.45) is 7.05 Å². The van der Waals surface area contributed by atoms with Gasteiger partial charge in [-0.05, 0) is 12.8 Å². The fourth-order valence-corrected chi connectivity index (χ4v) is 2.00. The number of aromatic nitrogens is 4. The van der Waals surface area contributed by atoms with E-state index in [1.807, 2.05) is 28.4 Å². The van der Waals surface area contributed by atoms with Gasteiger partial charge in [0.1, 0.15) is 5.82 Å². The molecular weight excluding hydrogens is 212 g/mol. The zero-order valence-corrected chi connectivity index (χ0v) is 10.7. The number of allylic oxidation sites excluding steroid dienone is 1. The van der Waals surface area contributed by atoms with Gasteiger partial charge in [0.2, 0.25) is 5.78 Å². The van der Waals surface area contributed by atoms with E-state index in [-0.39, 0.29) is 0 Å². The van der Waals surface area contributed by atoms with Crippen molar-refractivity contribution in [3.05, 3.63) is 30.4 Å². The first-order valence-corrected chi connectivity index (χ1v) is 6.27. The van der Waals surface area contributed by atoms with E-state index in [1.165, 1.54) is 19.3 Å². The van der Waals surface area contributed by atoms with Gasteiger partial charge in [0.25, 0.3) is 0 Å². The van der Waals surface area contributed by atoms with Crippen molar-refractivity contribution >= 4 is 5.78 Å². The van der Waals surface area contributed by atoms with E-state index in [4.69, 9.17) is 0 Å². The normalized spacial score (nSPS) is 11.2. The lowest BCUT2D eigenvalue weighted by Gasteiger charge is -1.96. The van der Waals surface area contributed by atoms with Crippen LogP contribution in [0.25, 0.3) is 5.78 Å². The van der Waals surface area contributed by atoms with E-state index < -0.39 is 0 Å². The number of hydrogen-bond donors (Lipinski definition) is 0. The second-order valence-corrected chi connectivity index (χ2v) is 4.40. The van der Waals surface area contributed by atoms with E-state index in [2.05, 4.69) is 23.6 Å². The van der Waals surface area contributed by atoms with Crippen molar-refractivity contribution in [3.8, 4) is 0 Å². The molecule has 0 bridgehead atoms. The smallest absolute Gasteiger partial charge is 0.232 e. The Morgan fingerprint density at radius 3 is 2.88 bits per heavy atom. The SMILES string of the molecule is C=CCc1nn2cc(CCCCC)nc2n1C. The number of hydrogen-bond acceptors (Lipinski definition) is 2. The van der Waals surface area contributed by atoms with Gasteiger partial charge in [-0.2, -0.15) is 5.10 Å². The number of unbranched alkanes of at least 4 members (excludes halogenated alkanes) is 2. The van der Waals surface area contributed by atoms with Crippen molar-refractivity contribution < 1.29 is 0 Å². The number of nitrogens with zero attached hydrogens (tertiary/aromatic N) is 4. The van der Waals surface area contributed by atoms with Crippen LogP contribution in [-0.4, -0.2) is 19.2 Å². The zero-order valence-electron chi connectivity index (χ0n) is 10.7. The van der Waals surface area contributed by atoms with Crippen molar-refractivity contribution in [2.45, 2.75) is 39.0 Å². The highest BCUT2D eigenvalue weighted by molar-refractivity contribution is 5.32. The van der Waals surface area contributed by atoms with E-state index in [0.717, 1.165) is 30.1 Å². The lowest BCUT2D eigenvalue weighted by Crippen LogP contribution is -1.97. The van der Waals surface area contributed by atoms with E-state index in [0.29, 0.717) is 0 Å². The summed E-state index contributed by atoms with van der Waals surface area (Å²) in [6, 6.07) is 0. The molecular formula is C13H20N4. The molecule has 0 aliphatic carbocycles. The van der Waals surface area contributed by atoms with Gasteiger partial charge in [0, 0.05) is 13.5 Å². The Balaban J connectivity index is 2.18. The van der Waals surface area contributed by atoms with E-state index in [1.54, 1.807) is 0 Å². The third-order valence-electron chi connectivity index (χ3n) is 2.99. The van der Waals surface area contributed by atoms with Crippen molar-refractivity contribution in [1.82, 2.24) is 19.2 Å². The highest BCUT2D eigenvalue weighted by atomic mass is 15.4. The summed E-state index contributed by atoms with van der Waals surface area (Å²) >= 11 is 0. The summed E-state index contributed by atoms with van der Waals surface area (Å²) in [7, 11) is 2.00. The molecule has 0 spiro atoms. The lowest BCUT2D eigenvalue weighted by molar-refractivity contribution is 0.707. The molecule has 0 unspecified atom stereocenters. The predicted molar refractivity (Wildman–Crippen MR) is 69.1 cm³/mol. The lowest BCUT2D eigenvalue weighted by atomic mass is 10.2. The Labute approximate surface area is 102 Å². The fraction of sp³-hybridized carbons (Fsp3) is 0.538. The van der Waals surface area contributed by atoms with Crippen LogP contribution in [0, 0.1) is 0 Å². The van der Waals surface area contributed by atoms with Crippen molar-refractivity contribution in [1.29, 1.82) is 0 Å². The van der Waals surface area contributed by atoms with Crippen molar-refractivity contribution in [3.63, 3.8) is 0 Å². The minimum Gasteiger partial charge on any atom is -0.300 e. The molecule has 2 heterocycles. The molecule has 17 heavy (non-hydrogen) atoms. The second-order valence-electron chi connectivity index (χ2n) is 4.40. The fourth-order valence-electron chi connectivity index (χ4n) is 2.00. The molecule has 0 atom stereocenters. The van der Waals surface area contributed by atoms with Crippen LogP contribution in [0.4, 0.5) is 0 Å². The van der Waals surface area contributed by atoms with Gasteiger partial charge in [-0.3, -0.25) is 4.57 Å². The summed E-state index contributed by atoms with van der Waals surface area (Å²) in [6.45, 7) is 5.95. The molecule has 0 aromatic carbocycles. The molecule has 92 valence electrons. The highest BCUT2D eigenvalue weighted by Crippen LogP contribution is 2.10. The standard InChI is InChI=1S/C13H20N4/c1-4-6-7-9-11-10-17-13(14-11)16(3)12(15-17)8-5-2/h5,10H,2,4,6-9H2,1,3H3. The Morgan fingerprint density at radius 1 is 1.41 bits per heavy atom. The van der Waals surface area contributed by atoms with Crippen LogP contribution in [0.2, 0.25) is 0 Å². The first-order valence-electron chi connectivity index (χ1n) is 6.27. The Kier molecular flexibility index (Phi) is 3.61. The van der Waals surface area contributed by atoms with Crippen molar-refractivity contribution in [2.75, 3.05) is 0 Å². The van der Waals surface area contributed by atoms with Gasteiger partial charge >= 0.3 is 0 Å². The number of fused-ring (bicyclic) bond motifs is 1.